The van der Waals surface area contributed by atoms with Crippen LogP contribution < -0.4 is 0 Å². The summed E-state index contributed by atoms with van der Waals surface area (Å²) in [4.78, 5) is 24.3. The molecule has 22 heavy (non-hydrogen) atoms. The van der Waals surface area contributed by atoms with Gasteiger partial charge in [-0.3, -0.25) is 9.59 Å². The molecule has 0 aliphatic heterocycles. The molecule has 0 N–H and O–H groups in total. The van der Waals surface area contributed by atoms with Gasteiger partial charge in [-0.15, -0.1) is 0 Å². The van der Waals surface area contributed by atoms with E-state index in [9.17, 15) is 9.59 Å². The van der Waals surface area contributed by atoms with Crippen LogP contribution in [0.1, 0.15) is 58.2 Å². The Balaban J connectivity index is 2.47. The minimum atomic E-state index is -0.613. The van der Waals surface area contributed by atoms with E-state index in [1.807, 2.05) is 12.1 Å². The highest BCUT2D eigenvalue weighted by atomic mass is 35.5. The zero-order valence-corrected chi connectivity index (χ0v) is 14.0. The summed E-state index contributed by atoms with van der Waals surface area (Å²) < 4.78 is 0. The highest BCUT2D eigenvalue weighted by Gasteiger charge is 2.20. The fourth-order valence-electron chi connectivity index (χ4n) is 2.40. The van der Waals surface area contributed by atoms with E-state index in [-0.39, 0.29) is 16.8 Å². The first-order valence-corrected chi connectivity index (χ1v) is 7.54. The number of carbonyl (C=O) groups excluding carboxylic acids is 2. The number of hydrogen-bond acceptors (Lipinski definition) is 2. The molecule has 0 radical (unpaired) electrons. The van der Waals surface area contributed by atoms with Crippen LogP contribution in [0.25, 0.3) is 0 Å². The predicted molar refractivity (Wildman–Crippen MR) is 89.9 cm³/mol. The van der Waals surface area contributed by atoms with E-state index >= 15 is 0 Å². The van der Waals surface area contributed by atoms with Crippen LogP contribution in [0, 0.1) is 6.92 Å². The average Bonchev–Trinajstić information content (AvgIpc) is 2.45. The van der Waals surface area contributed by atoms with Crippen LogP contribution in [0.2, 0.25) is 0 Å². The molecular weight excluding hydrogens is 296 g/mol. The molecule has 0 heterocycles. The molecule has 0 aliphatic carbocycles. The lowest BCUT2D eigenvalue weighted by Crippen LogP contribution is -2.13. The molecule has 0 unspecified atom stereocenters. The standard InChI is InChI=1S/C19H19ClO2/c1-12-6-5-7-15(18(20)22)16(12)17(21)13-8-10-14(11-9-13)19(2,3)4/h5-11H,1-4H3. The maximum Gasteiger partial charge on any atom is 0.253 e. The lowest BCUT2D eigenvalue weighted by Gasteiger charge is -2.19. The third-order valence-electron chi connectivity index (χ3n) is 3.72. The molecule has 3 heteroatoms. The van der Waals surface area contributed by atoms with Crippen molar-refractivity contribution in [1.29, 1.82) is 0 Å². The number of ketones is 1. The lowest BCUT2D eigenvalue weighted by atomic mass is 9.86. The zero-order chi connectivity index (χ0) is 16.5. The number of carbonyl (C=O) groups is 2. The molecule has 114 valence electrons. The van der Waals surface area contributed by atoms with E-state index in [0.29, 0.717) is 11.1 Å². The monoisotopic (exact) mass is 314 g/mol. The van der Waals surface area contributed by atoms with Gasteiger partial charge in [-0.25, -0.2) is 0 Å². The number of hydrogen-bond donors (Lipinski definition) is 0. The Hall–Kier alpha value is -1.93. The lowest BCUT2D eigenvalue weighted by molar-refractivity contribution is 0.102. The molecule has 2 aromatic rings. The van der Waals surface area contributed by atoms with Crippen LogP contribution in [-0.2, 0) is 5.41 Å². The second-order valence-corrected chi connectivity index (χ2v) is 6.77. The van der Waals surface area contributed by atoms with Gasteiger partial charge in [-0.05, 0) is 41.1 Å². The Labute approximate surface area is 136 Å². The Morgan fingerprint density at radius 3 is 2.05 bits per heavy atom. The molecule has 0 fully saturated rings. The van der Waals surface area contributed by atoms with Gasteiger partial charge in [0.2, 0.25) is 0 Å². The number of halogens is 1. The van der Waals surface area contributed by atoms with Gasteiger partial charge in [0.15, 0.2) is 5.78 Å². The van der Waals surface area contributed by atoms with Crippen LogP contribution in [0.3, 0.4) is 0 Å². The molecular formula is C19H19ClO2. The van der Waals surface area contributed by atoms with E-state index in [0.717, 1.165) is 11.1 Å². The van der Waals surface area contributed by atoms with E-state index in [4.69, 9.17) is 11.6 Å². The van der Waals surface area contributed by atoms with Gasteiger partial charge in [0.05, 0.1) is 0 Å². The third-order valence-corrected chi connectivity index (χ3v) is 3.93. The minimum Gasteiger partial charge on any atom is -0.289 e. The van der Waals surface area contributed by atoms with E-state index < -0.39 is 5.24 Å². The molecule has 0 amide bonds. The van der Waals surface area contributed by atoms with Crippen LogP contribution in [0.15, 0.2) is 42.5 Å². The number of benzene rings is 2. The average molecular weight is 315 g/mol. The van der Waals surface area contributed by atoms with E-state index in [2.05, 4.69) is 20.8 Å². The maximum atomic E-state index is 12.7. The summed E-state index contributed by atoms with van der Waals surface area (Å²) in [7, 11) is 0. The molecule has 2 nitrogen and oxygen atoms in total. The summed E-state index contributed by atoms with van der Waals surface area (Å²) in [5.74, 6) is -0.178. The van der Waals surface area contributed by atoms with Crippen molar-refractivity contribution in [3.8, 4) is 0 Å². The Morgan fingerprint density at radius 1 is 0.955 bits per heavy atom. The van der Waals surface area contributed by atoms with Gasteiger partial charge in [0, 0.05) is 16.7 Å². The molecule has 0 aliphatic rings. The van der Waals surface area contributed by atoms with Crippen LogP contribution >= 0.6 is 11.6 Å². The second kappa shape index (κ2) is 6.05. The fraction of sp³-hybridized carbons (Fsp3) is 0.263. The predicted octanol–water partition coefficient (Wildman–Crippen LogP) is 4.90. The largest absolute Gasteiger partial charge is 0.289 e. The molecule has 0 spiro atoms. The van der Waals surface area contributed by atoms with Gasteiger partial charge in [-0.2, -0.15) is 0 Å². The summed E-state index contributed by atoms with van der Waals surface area (Å²) in [6.07, 6.45) is 0. The Bertz CT molecular complexity index is 722. The van der Waals surface area contributed by atoms with Crippen LogP contribution in [0.5, 0.6) is 0 Å². The molecule has 2 aromatic carbocycles. The first kappa shape index (κ1) is 16.4. The van der Waals surface area contributed by atoms with E-state index in [1.54, 1.807) is 37.3 Å². The third kappa shape index (κ3) is 3.28. The van der Waals surface area contributed by atoms with Gasteiger partial charge in [0.1, 0.15) is 0 Å². The van der Waals surface area contributed by atoms with Crippen molar-refractivity contribution in [1.82, 2.24) is 0 Å². The van der Waals surface area contributed by atoms with Crippen molar-refractivity contribution in [3.63, 3.8) is 0 Å². The fourth-order valence-corrected chi connectivity index (χ4v) is 2.56. The summed E-state index contributed by atoms with van der Waals surface area (Å²) in [6, 6.07) is 12.6. The maximum absolute atomic E-state index is 12.7. The highest BCUT2D eigenvalue weighted by Crippen LogP contribution is 2.25. The van der Waals surface area contributed by atoms with Crippen molar-refractivity contribution < 1.29 is 9.59 Å². The molecule has 2 rings (SSSR count). The molecule has 0 saturated heterocycles. The normalized spacial score (nSPS) is 11.3. The van der Waals surface area contributed by atoms with Gasteiger partial charge >= 0.3 is 0 Å². The summed E-state index contributed by atoms with van der Waals surface area (Å²) in [5, 5.41) is -0.613. The SMILES string of the molecule is Cc1cccc(C(=O)Cl)c1C(=O)c1ccc(C(C)(C)C)cc1. The van der Waals surface area contributed by atoms with Crippen LogP contribution in [-0.4, -0.2) is 11.0 Å². The second-order valence-electron chi connectivity index (χ2n) is 6.43. The molecule has 0 bridgehead atoms. The van der Waals surface area contributed by atoms with Gasteiger partial charge in [-0.1, -0.05) is 57.2 Å². The Kier molecular flexibility index (Phi) is 4.52. The van der Waals surface area contributed by atoms with Crippen molar-refractivity contribution in [2.45, 2.75) is 33.1 Å². The quantitative estimate of drug-likeness (QED) is 0.596. The summed E-state index contributed by atoms with van der Waals surface area (Å²) >= 11 is 5.61. The van der Waals surface area contributed by atoms with Crippen molar-refractivity contribution in [3.05, 3.63) is 70.3 Å². The van der Waals surface area contributed by atoms with E-state index in [1.165, 1.54) is 0 Å². The van der Waals surface area contributed by atoms with Crippen LogP contribution in [0.4, 0.5) is 0 Å². The number of rotatable bonds is 3. The summed E-state index contributed by atoms with van der Waals surface area (Å²) in [6.45, 7) is 8.17. The highest BCUT2D eigenvalue weighted by molar-refractivity contribution is 6.68. The molecule has 0 aromatic heterocycles. The van der Waals surface area contributed by atoms with Crippen molar-refractivity contribution >= 4 is 22.6 Å². The first-order valence-electron chi connectivity index (χ1n) is 7.16. The summed E-state index contributed by atoms with van der Waals surface area (Å²) in [5.41, 5.74) is 3.12. The molecule has 0 atom stereocenters. The topological polar surface area (TPSA) is 34.1 Å². The Morgan fingerprint density at radius 2 is 1.55 bits per heavy atom. The van der Waals surface area contributed by atoms with Crippen molar-refractivity contribution in [2.24, 2.45) is 0 Å². The smallest absolute Gasteiger partial charge is 0.253 e. The first-order chi connectivity index (χ1) is 10.2. The van der Waals surface area contributed by atoms with Crippen molar-refractivity contribution in [2.75, 3.05) is 0 Å². The van der Waals surface area contributed by atoms with Gasteiger partial charge < -0.3 is 0 Å². The number of aryl methyl sites for hydroxylation is 1. The van der Waals surface area contributed by atoms with Gasteiger partial charge in [0.25, 0.3) is 5.24 Å². The zero-order valence-electron chi connectivity index (χ0n) is 13.2. The minimum absolute atomic E-state index is 0.0293. The molecule has 0 saturated carbocycles.